The number of pyridine rings is 1. The first-order chi connectivity index (χ1) is 41.6. The maximum atomic E-state index is 14.4. The molecule has 0 spiro atoms. The number of anilines is 1. The van der Waals surface area contributed by atoms with E-state index in [2.05, 4.69) is 31.6 Å². The Balaban J connectivity index is 1.06. The molecule has 1 aromatic carbocycles. The number of carbonyl (C=O) groups is 6. The quantitative estimate of drug-likeness (QED) is 0.0439. The Bertz CT molecular complexity index is 3670. The smallest absolute Gasteiger partial charge is 0.412 e. The number of Topliss-reactive ketones (excluding diaryl/α,β-unsaturated/α-hetero) is 1. The Morgan fingerprint density at radius 3 is 2.14 bits per heavy atom. The van der Waals surface area contributed by atoms with Crippen molar-refractivity contribution in [3.63, 3.8) is 0 Å². The number of nitrogens with zero attached hydrogens (tertiary/aromatic N) is 7. The van der Waals surface area contributed by atoms with Crippen molar-refractivity contribution in [1.29, 1.82) is 0 Å². The molecule has 8 aromatic rings. The predicted octanol–water partition coefficient (Wildman–Crippen LogP) is 8.43. The van der Waals surface area contributed by atoms with Gasteiger partial charge in [0.05, 0.1) is 74.2 Å². The van der Waals surface area contributed by atoms with Crippen LogP contribution in [-0.2, 0) is 39.9 Å². The summed E-state index contributed by atoms with van der Waals surface area (Å²) in [6.07, 6.45) is -2.24. The normalized spacial score (nSPS) is 16.3. The number of benzene rings is 1. The molecule has 0 unspecified atom stereocenters. The van der Waals surface area contributed by atoms with Crippen LogP contribution < -0.4 is 26.6 Å². The van der Waals surface area contributed by atoms with Crippen LogP contribution in [0, 0.1) is 12.8 Å². The fraction of sp³-hybridized carbons (Fsp3) is 0.375. The highest BCUT2D eigenvalue weighted by Gasteiger charge is 2.33. The molecule has 0 saturated carbocycles. The number of nitrogens with one attached hydrogen (secondary N) is 5. The summed E-state index contributed by atoms with van der Waals surface area (Å²) in [5.41, 5.74) is 2.88. The minimum atomic E-state index is -1.27. The van der Waals surface area contributed by atoms with Crippen molar-refractivity contribution in [2.75, 3.05) is 72.8 Å². The molecule has 0 radical (unpaired) electrons. The standard InChI is InChI=1S/C56H60N12O12S6/c1-28(2)32-20-38(69)43-29(3)85-54(67-43)34(21-41(70)57-4)60-48(73)36-25-81-50(62-36)31-12-13-33(52-64-40(27-84-52)65-56(75)80-19-18-79-17-16-78-15-14-76-5)59-44(31)35-24-82-53(61-35)37-26-83-55(63-37)46(47(72)30-10-8-7-9-11-30)66-42(71)22-58-49(74)45-39(23-77-6)86-51(32)68-45/h7-13,24-28,32,34,46-47,72H,14-23H2,1-6H3,(H,57,70)(H,58,74)(H,60,73)(H,65,75)(H,66,71)/t32-,34+,46+,47+/m1/s1. The molecule has 7 aromatic heterocycles. The summed E-state index contributed by atoms with van der Waals surface area (Å²) in [5, 5.41) is 35.0. The molecule has 30 heteroatoms. The molecule has 86 heavy (non-hydrogen) atoms. The highest BCUT2D eigenvalue weighted by molar-refractivity contribution is 7.15. The van der Waals surface area contributed by atoms with E-state index < -0.39 is 54.5 Å². The maximum Gasteiger partial charge on any atom is 0.412 e. The number of methoxy groups -OCH3 is 2. The zero-order valence-corrected chi connectivity index (χ0v) is 52.2. The van der Waals surface area contributed by atoms with Crippen molar-refractivity contribution in [1.82, 2.24) is 56.2 Å². The first-order valence-corrected chi connectivity index (χ1v) is 32.0. The lowest BCUT2D eigenvalue weighted by atomic mass is 9.90. The van der Waals surface area contributed by atoms with E-state index in [-0.39, 0.29) is 73.2 Å². The van der Waals surface area contributed by atoms with Gasteiger partial charge in [0.2, 0.25) is 11.8 Å². The number of fused-ring (bicyclic) bond motifs is 14. The molecule has 9 rings (SSSR count). The van der Waals surface area contributed by atoms with Crippen molar-refractivity contribution in [2.24, 2.45) is 5.92 Å². The van der Waals surface area contributed by atoms with Crippen LogP contribution in [0.5, 0.6) is 0 Å². The zero-order chi connectivity index (χ0) is 60.9. The van der Waals surface area contributed by atoms with Crippen molar-refractivity contribution in [2.45, 2.75) is 64.3 Å². The predicted molar refractivity (Wildman–Crippen MR) is 327 cm³/mol. The van der Waals surface area contributed by atoms with Crippen LogP contribution in [0.3, 0.4) is 0 Å². The SMILES string of the molecule is CNC(=O)C[C@@H]1NC(=O)c2csc(n2)-c2ccc(-c3nc(NC(=O)OCCOCCOCCOC)cs3)nc2-c2csc(n2)-c2csc(n2)[C@H]([C@@H](O)c2ccccc2)NC(=O)CNC(=O)c2nc(sc2COC)[C@@H](C(C)C)CC(=O)c2nc1sc2C. The van der Waals surface area contributed by atoms with Gasteiger partial charge in [-0.05, 0) is 30.5 Å². The fourth-order valence-corrected chi connectivity index (χ4v) is 14.3. The molecule has 24 nitrogen and oxygen atoms in total. The minimum Gasteiger partial charge on any atom is -0.447 e. The first kappa shape index (κ1) is 63.3. The van der Waals surface area contributed by atoms with Gasteiger partial charge in [-0.15, -0.1) is 68.0 Å². The van der Waals surface area contributed by atoms with Crippen LogP contribution in [0.4, 0.5) is 10.6 Å². The van der Waals surface area contributed by atoms with Crippen molar-refractivity contribution < 1.29 is 57.6 Å². The van der Waals surface area contributed by atoms with Gasteiger partial charge in [-0.3, -0.25) is 29.3 Å². The summed E-state index contributed by atoms with van der Waals surface area (Å²) >= 11 is 7.28. The molecule has 0 aliphatic carbocycles. The number of ketones is 1. The second-order valence-corrected chi connectivity index (χ2v) is 25.2. The molecule has 10 bridgehead atoms. The Morgan fingerprint density at radius 2 is 1.38 bits per heavy atom. The summed E-state index contributed by atoms with van der Waals surface area (Å²) in [4.78, 5) is 117. The van der Waals surface area contributed by atoms with Crippen LogP contribution >= 0.6 is 68.0 Å². The molecule has 6 N–H and O–H groups in total. The van der Waals surface area contributed by atoms with Gasteiger partial charge in [0.25, 0.3) is 11.8 Å². The zero-order valence-electron chi connectivity index (χ0n) is 47.3. The van der Waals surface area contributed by atoms with E-state index >= 15 is 0 Å². The van der Waals surface area contributed by atoms with Gasteiger partial charge in [-0.2, -0.15) is 0 Å². The lowest BCUT2D eigenvalue weighted by Crippen LogP contribution is -2.40. The molecule has 0 fully saturated rings. The topological polar surface area (TPSA) is 319 Å². The molecule has 1 aliphatic heterocycles. The number of hydrogen-bond acceptors (Lipinski definition) is 25. The summed E-state index contributed by atoms with van der Waals surface area (Å²) in [5.74, 6) is -2.95. The van der Waals surface area contributed by atoms with Crippen LogP contribution in [0.1, 0.15) is 113 Å². The molecular weight excluding hydrogens is 1230 g/mol. The average Bonchev–Trinajstić information content (AvgIpc) is 2.21. The molecule has 1 aliphatic rings. The average molecular weight is 1290 g/mol. The lowest BCUT2D eigenvalue weighted by Gasteiger charge is -2.23. The third-order valence-corrected chi connectivity index (χ3v) is 18.9. The monoisotopic (exact) mass is 1280 g/mol. The number of aliphatic hydroxyl groups is 1. The van der Waals surface area contributed by atoms with Crippen molar-refractivity contribution in [3.05, 3.63) is 111 Å². The van der Waals surface area contributed by atoms with E-state index in [0.29, 0.717) is 100 Å². The van der Waals surface area contributed by atoms with Gasteiger partial charge < -0.3 is 50.1 Å². The van der Waals surface area contributed by atoms with E-state index in [1.807, 2.05) is 13.8 Å². The first-order valence-electron chi connectivity index (χ1n) is 26.8. The largest absolute Gasteiger partial charge is 0.447 e. The van der Waals surface area contributed by atoms with E-state index in [4.69, 9.17) is 53.6 Å². The van der Waals surface area contributed by atoms with Gasteiger partial charge in [-0.1, -0.05) is 44.2 Å². The van der Waals surface area contributed by atoms with Gasteiger partial charge in [-0.25, -0.2) is 39.7 Å². The highest BCUT2D eigenvalue weighted by Crippen LogP contribution is 2.41. The second kappa shape index (κ2) is 29.9. The van der Waals surface area contributed by atoms with Crippen LogP contribution in [0.25, 0.3) is 43.4 Å². The van der Waals surface area contributed by atoms with Crippen LogP contribution in [0.15, 0.2) is 64.0 Å². The number of aryl methyl sites for hydroxylation is 1. The van der Waals surface area contributed by atoms with E-state index in [1.54, 1.807) is 78.0 Å². The number of amides is 5. The number of thiazole rings is 6. The Kier molecular flexibility index (Phi) is 22.0. The van der Waals surface area contributed by atoms with Gasteiger partial charge in [0.1, 0.15) is 83.8 Å². The second-order valence-electron chi connectivity index (χ2n) is 19.4. The summed E-state index contributed by atoms with van der Waals surface area (Å²) in [7, 11) is 4.56. The molecule has 452 valence electrons. The number of carbonyl (C=O) groups excluding carboxylic acids is 6. The molecule has 0 saturated heterocycles. The van der Waals surface area contributed by atoms with Crippen LogP contribution in [-0.4, -0.2) is 143 Å². The van der Waals surface area contributed by atoms with E-state index in [9.17, 15) is 33.9 Å². The van der Waals surface area contributed by atoms with Crippen molar-refractivity contribution >= 4 is 109 Å². The number of ether oxygens (including phenoxy) is 5. The Morgan fingerprint density at radius 1 is 0.686 bits per heavy atom. The molecule has 4 atom stereocenters. The fourth-order valence-electron chi connectivity index (χ4n) is 8.69. The van der Waals surface area contributed by atoms with E-state index in [0.717, 1.165) is 0 Å². The van der Waals surface area contributed by atoms with Gasteiger partial charge >= 0.3 is 6.09 Å². The van der Waals surface area contributed by atoms with Gasteiger partial charge in [0.15, 0.2) is 5.78 Å². The summed E-state index contributed by atoms with van der Waals surface area (Å²) < 4.78 is 26.6. The summed E-state index contributed by atoms with van der Waals surface area (Å²) in [6, 6.07) is 10.3. The Hall–Kier alpha value is -7.23. The Labute approximate surface area is 517 Å². The maximum absolute atomic E-state index is 14.4. The summed E-state index contributed by atoms with van der Waals surface area (Å²) in [6.45, 7) is 6.94. The minimum absolute atomic E-state index is 0.00464. The highest BCUT2D eigenvalue weighted by atomic mass is 32.1. The molecular formula is C56H60N12O12S6. The lowest BCUT2D eigenvalue weighted by molar-refractivity contribution is -0.122. The number of aromatic nitrogens is 7. The molecule has 5 amide bonds. The third-order valence-electron chi connectivity index (χ3n) is 13.1. The molecule has 8 heterocycles. The van der Waals surface area contributed by atoms with E-state index in [1.165, 1.54) is 82.2 Å². The third kappa shape index (κ3) is 15.8. The number of rotatable bonds is 18. The van der Waals surface area contributed by atoms with Gasteiger partial charge in [0, 0.05) is 65.6 Å². The van der Waals surface area contributed by atoms with Crippen LogP contribution in [0.2, 0.25) is 0 Å². The number of aliphatic hydroxyl groups excluding tert-OH is 1. The van der Waals surface area contributed by atoms with Crippen molar-refractivity contribution in [3.8, 4) is 43.4 Å². The number of hydrogen-bond donors (Lipinski definition) is 6.